The number of amides is 1. The van der Waals surface area contributed by atoms with E-state index >= 15 is 0 Å². The smallest absolute Gasteiger partial charge is 0.363 e. The lowest BCUT2D eigenvalue weighted by molar-refractivity contribution is -0.129. The van der Waals surface area contributed by atoms with Crippen LogP contribution in [0, 0.1) is 3.57 Å². The lowest BCUT2D eigenvalue weighted by Crippen LogP contribution is -2.07. The highest BCUT2D eigenvalue weighted by Gasteiger charge is 2.24. The van der Waals surface area contributed by atoms with Crippen LogP contribution in [0.5, 0.6) is 11.5 Å². The highest BCUT2D eigenvalue weighted by atomic mass is 127. The van der Waals surface area contributed by atoms with Gasteiger partial charge in [-0.15, -0.1) is 0 Å². The number of hydrogen-bond acceptors (Lipinski definition) is 6. The van der Waals surface area contributed by atoms with Gasteiger partial charge in [0.15, 0.2) is 17.2 Å². The van der Waals surface area contributed by atoms with Gasteiger partial charge in [-0.1, -0.05) is 23.7 Å². The molecule has 1 aliphatic heterocycles. The minimum absolute atomic E-state index is 0.127. The fourth-order valence-electron chi connectivity index (χ4n) is 3.45. The van der Waals surface area contributed by atoms with Crippen molar-refractivity contribution in [3.05, 3.63) is 91.6 Å². The third-order valence-corrected chi connectivity index (χ3v) is 5.93. The van der Waals surface area contributed by atoms with E-state index < -0.39 is 5.97 Å². The van der Waals surface area contributed by atoms with E-state index in [-0.39, 0.29) is 17.5 Å². The lowest BCUT2D eigenvalue weighted by Gasteiger charge is -2.15. The minimum atomic E-state index is -0.580. The molecule has 0 spiro atoms. The molecule has 3 aromatic rings. The zero-order valence-electron chi connectivity index (χ0n) is 19.5. The lowest BCUT2D eigenvalue weighted by atomic mass is 10.1. The number of carbonyl (C=O) groups is 2. The Kier molecular flexibility index (Phi) is 8.27. The van der Waals surface area contributed by atoms with Crippen molar-refractivity contribution in [1.82, 2.24) is 0 Å². The molecule has 0 saturated carbocycles. The van der Waals surface area contributed by atoms with Gasteiger partial charge in [-0.05, 0) is 95.2 Å². The third-order valence-electron chi connectivity index (χ3n) is 4.98. The summed E-state index contributed by atoms with van der Waals surface area (Å²) in [5, 5.41) is 3.04. The van der Waals surface area contributed by atoms with E-state index in [9.17, 15) is 9.59 Å². The summed E-state index contributed by atoms with van der Waals surface area (Å²) in [6, 6.07) is 18.2. The van der Waals surface area contributed by atoms with E-state index in [0.29, 0.717) is 46.5 Å². The Bertz CT molecular complexity index is 1370. The molecular weight excluding hydrogens is 595 g/mol. The van der Waals surface area contributed by atoms with Crippen molar-refractivity contribution < 1.29 is 23.8 Å². The number of carbonyl (C=O) groups excluding carboxylic acids is 2. The maximum Gasteiger partial charge on any atom is 0.363 e. The van der Waals surface area contributed by atoms with Crippen LogP contribution in [0.4, 0.5) is 5.69 Å². The Labute approximate surface area is 227 Å². The molecule has 7 nitrogen and oxygen atoms in total. The first-order valence-electron chi connectivity index (χ1n) is 11.1. The first-order valence-corrected chi connectivity index (χ1v) is 12.5. The molecule has 1 heterocycles. The quantitative estimate of drug-likeness (QED) is 0.184. The molecule has 0 fully saturated rings. The van der Waals surface area contributed by atoms with Gasteiger partial charge in [0.1, 0.15) is 6.61 Å². The number of hydrogen-bond donors (Lipinski definition) is 1. The second-order valence-corrected chi connectivity index (χ2v) is 9.43. The molecule has 0 aliphatic carbocycles. The van der Waals surface area contributed by atoms with Crippen molar-refractivity contribution in [3.63, 3.8) is 0 Å². The molecule has 4 rings (SSSR count). The zero-order chi connectivity index (χ0) is 25.7. The number of nitrogens with zero attached hydrogens (tertiary/aromatic N) is 1. The van der Waals surface area contributed by atoms with Crippen molar-refractivity contribution in [2.75, 3.05) is 11.9 Å². The van der Waals surface area contributed by atoms with Crippen molar-refractivity contribution in [2.24, 2.45) is 4.99 Å². The molecule has 0 atom stereocenters. The van der Waals surface area contributed by atoms with Gasteiger partial charge < -0.3 is 19.5 Å². The molecule has 184 valence electrons. The number of rotatable bonds is 8. The second-order valence-electron chi connectivity index (χ2n) is 7.78. The first kappa shape index (κ1) is 25.7. The second kappa shape index (κ2) is 11.6. The van der Waals surface area contributed by atoms with Gasteiger partial charge in [-0.25, -0.2) is 9.79 Å². The Hall–Kier alpha value is -3.37. The van der Waals surface area contributed by atoms with E-state index in [0.717, 1.165) is 9.13 Å². The number of nitrogens with one attached hydrogen (secondary N) is 1. The molecule has 0 aromatic heterocycles. The summed E-state index contributed by atoms with van der Waals surface area (Å²) < 4.78 is 18.2. The molecule has 9 heteroatoms. The molecule has 0 saturated heterocycles. The van der Waals surface area contributed by atoms with E-state index in [1.807, 2.05) is 31.2 Å². The average Bonchev–Trinajstić information content (AvgIpc) is 3.19. The van der Waals surface area contributed by atoms with Gasteiger partial charge >= 0.3 is 5.97 Å². The fraction of sp³-hybridized carbons (Fsp3) is 0.148. The number of cyclic esters (lactones) is 1. The highest BCUT2D eigenvalue weighted by molar-refractivity contribution is 14.1. The molecule has 0 bridgehead atoms. The number of aliphatic imine (C=N–C) groups is 1. The van der Waals surface area contributed by atoms with Crippen LogP contribution in [-0.2, 0) is 20.9 Å². The molecule has 0 radical (unpaired) electrons. The van der Waals surface area contributed by atoms with Crippen LogP contribution in [-0.4, -0.2) is 24.4 Å². The van der Waals surface area contributed by atoms with Crippen LogP contribution in [0.25, 0.3) is 6.08 Å². The van der Waals surface area contributed by atoms with Crippen molar-refractivity contribution in [2.45, 2.75) is 20.5 Å². The SMILES string of the molecule is CCOc1cc(/C=C2\N=C(c3ccc(NC(C)=O)cc3)OC2=O)cc(Cl)c1OCc1cccc(I)c1. The Balaban J connectivity index is 1.57. The van der Waals surface area contributed by atoms with E-state index in [1.54, 1.807) is 42.5 Å². The maximum atomic E-state index is 12.5. The summed E-state index contributed by atoms with van der Waals surface area (Å²) in [5.74, 6) is 0.316. The van der Waals surface area contributed by atoms with Crippen LogP contribution in [0.2, 0.25) is 5.02 Å². The van der Waals surface area contributed by atoms with Gasteiger partial charge in [0.25, 0.3) is 0 Å². The van der Waals surface area contributed by atoms with E-state index in [1.165, 1.54) is 6.92 Å². The number of benzene rings is 3. The van der Waals surface area contributed by atoms with Gasteiger partial charge in [0.05, 0.1) is 11.6 Å². The van der Waals surface area contributed by atoms with Crippen LogP contribution >= 0.6 is 34.2 Å². The molecule has 0 unspecified atom stereocenters. The molecule has 1 N–H and O–H groups in total. The molecular formula is C27H22ClIN2O5. The summed E-state index contributed by atoms with van der Waals surface area (Å²) in [6.45, 7) is 4.04. The Morgan fingerprint density at radius 1 is 1.14 bits per heavy atom. The average molecular weight is 617 g/mol. The third kappa shape index (κ3) is 6.44. The molecule has 3 aromatic carbocycles. The molecule has 36 heavy (non-hydrogen) atoms. The summed E-state index contributed by atoms with van der Waals surface area (Å²) in [7, 11) is 0. The van der Waals surface area contributed by atoms with Gasteiger partial charge in [0.2, 0.25) is 11.8 Å². The topological polar surface area (TPSA) is 86.2 Å². The van der Waals surface area contributed by atoms with Gasteiger partial charge in [-0.3, -0.25) is 4.79 Å². The normalized spacial score (nSPS) is 13.8. The standard InChI is InChI=1S/C27H22ClIN2O5/c1-3-34-24-14-18(12-22(28)25(24)35-15-17-5-4-6-20(29)11-17)13-23-27(33)36-26(31-23)19-7-9-21(10-8-19)30-16(2)32/h4-14H,3,15H2,1-2H3,(H,30,32)/b23-13-. The predicted octanol–water partition coefficient (Wildman–Crippen LogP) is 6.23. The Morgan fingerprint density at radius 2 is 1.92 bits per heavy atom. The zero-order valence-corrected chi connectivity index (χ0v) is 22.4. The van der Waals surface area contributed by atoms with Crippen LogP contribution < -0.4 is 14.8 Å². The fourth-order valence-corrected chi connectivity index (χ4v) is 4.33. The summed E-state index contributed by atoms with van der Waals surface area (Å²) in [6.07, 6.45) is 1.58. The molecule has 1 aliphatic rings. The summed E-state index contributed by atoms with van der Waals surface area (Å²) in [4.78, 5) is 28.0. The highest BCUT2D eigenvalue weighted by Crippen LogP contribution is 2.38. The van der Waals surface area contributed by atoms with E-state index in [4.69, 9.17) is 25.8 Å². The number of halogens is 2. The van der Waals surface area contributed by atoms with Crippen LogP contribution in [0.15, 0.2) is 71.4 Å². The number of esters is 1. The van der Waals surface area contributed by atoms with Gasteiger partial charge in [0, 0.05) is 21.7 Å². The largest absolute Gasteiger partial charge is 0.490 e. The van der Waals surface area contributed by atoms with Crippen LogP contribution in [0.3, 0.4) is 0 Å². The van der Waals surface area contributed by atoms with Crippen molar-refractivity contribution >= 4 is 63.7 Å². The van der Waals surface area contributed by atoms with Crippen LogP contribution in [0.1, 0.15) is 30.5 Å². The van der Waals surface area contributed by atoms with Gasteiger partial charge in [-0.2, -0.15) is 0 Å². The number of ether oxygens (including phenoxy) is 3. The Morgan fingerprint density at radius 3 is 2.61 bits per heavy atom. The predicted molar refractivity (Wildman–Crippen MR) is 147 cm³/mol. The van der Waals surface area contributed by atoms with E-state index in [2.05, 4.69) is 32.9 Å². The first-order chi connectivity index (χ1) is 17.3. The minimum Gasteiger partial charge on any atom is -0.490 e. The summed E-state index contributed by atoms with van der Waals surface area (Å²) in [5.41, 5.74) is 2.99. The summed E-state index contributed by atoms with van der Waals surface area (Å²) >= 11 is 8.80. The maximum absolute atomic E-state index is 12.5. The van der Waals surface area contributed by atoms with Crippen molar-refractivity contribution in [3.8, 4) is 11.5 Å². The monoisotopic (exact) mass is 616 g/mol. The molecule has 1 amide bonds. The van der Waals surface area contributed by atoms with Crippen molar-refractivity contribution in [1.29, 1.82) is 0 Å². The number of anilines is 1.